The fraction of sp³-hybridized carbons (Fsp3) is 0.233. The zero-order valence-electron chi connectivity index (χ0n) is 24.3. The molecule has 3 aromatic heterocycles. The van der Waals surface area contributed by atoms with E-state index in [9.17, 15) is 4.79 Å². The van der Waals surface area contributed by atoms with Crippen LogP contribution in [0, 0.1) is 6.92 Å². The van der Waals surface area contributed by atoms with Crippen LogP contribution in [0.2, 0.25) is 5.02 Å². The highest BCUT2D eigenvalue weighted by atomic mass is 35.5. The number of methoxy groups -OCH3 is 1. The average molecular weight is 632 g/mol. The monoisotopic (exact) mass is 631 g/mol. The standard InChI is InChI=1S/C30H30ClN9O3S/c1-17-13-22(31)23(35-28(41)18-5-4-6-20(14-18)42-3)15-21(17)27-37-29(43-38-27)25-26(32)36-30(44-25)34-19-7-8-24(33-16-19)40-11-9-39(2)10-12-40/h4-8,13-16H,9-12,32H2,1-3H3,(H,34,36)(H,35,41). The number of anilines is 5. The van der Waals surface area contributed by atoms with Gasteiger partial charge in [0.2, 0.25) is 5.82 Å². The van der Waals surface area contributed by atoms with Gasteiger partial charge in [-0.1, -0.05) is 34.2 Å². The topological polar surface area (TPSA) is 148 Å². The van der Waals surface area contributed by atoms with E-state index >= 15 is 0 Å². The van der Waals surface area contributed by atoms with E-state index in [1.54, 1.807) is 49.7 Å². The highest BCUT2D eigenvalue weighted by molar-refractivity contribution is 7.19. The zero-order chi connectivity index (χ0) is 30.8. The number of nitrogen functional groups attached to an aromatic ring is 1. The molecular weight excluding hydrogens is 602 g/mol. The molecule has 0 bridgehead atoms. The number of pyridine rings is 1. The van der Waals surface area contributed by atoms with Gasteiger partial charge in [-0.3, -0.25) is 4.79 Å². The molecule has 0 aliphatic carbocycles. The van der Waals surface area contributed by atoms with Crippen molar-refractivity contribution in [2.24, 2.45) is 0 Å². The van der Waals surface area contributed by atoms with E-state index in [0.29, 0.717) is 43.4 Å². The molecule has 1 fully saturated rings. The van der Waals surface area contributed by atoms with Crippen LogP contribution in [0.15, 0.2) is 59.3 Å². The van der Waals surface area contributed by atoms with Crippen molar-refractivity contribution in [3.63, 3.8) is 0 Å². The van der Waals surface area contributed by atoms with Crippen molar-refractivity contribution in [3.8, 4) is 27.9 Å². The maximum Gasteiger partial charge on any atom is 0.272 e. The summed E-state index contributed by atoms with van der Waals surface area (Å²) in [5.74, 6) is 1.98. The molecule has 0 unspecified atom stereocenters. The fourth-order valence-corrected chi connectivity index (χ4v) is 5.83. The number of likely N-dealkylation sites (N-methyl/N-ethyl adjacent to an activating group) is 1. The molecule has 4 N–H and O–H groups in total. The fourth-order valence-electron chi connectivity index (χ4n) is 4.74. The lowest BCUT2D eigenvalue weighted by Crippen LogP contribution is -2.44. The molecule has 0 atom stereocenters. The van der Waals surface area contributed by atoms with Crippen LogP contribution in [0.25, 0.3) is 22.2 Å². The zero-order valence-corrected chi connectivity index (χ0v) is 25.9. The number of hydrogen-bond donors (Lipinski definition) is 3. The minimum absolute atomic E-state index is 0.225. The first-order chi connectivity index (χ1) is 21.3. The van der Waals surface area contributed by atoms with Gasteiger partial charge >= 0.3 is 0 Å². The average Bonchev–Trinajstić information content (AvgIpc) is 3.65. The predicted molar refractivity (Wildman–Crippen MR) is 173 cm³/mol. The number of nitrogens with one attached hydrogen (secondary N) is 2. The van der Waals surface area contributed by atoms with E-state index in [2.05, 4.69) is 47.6 Å². The Morgan fingerprint density at radius 2 is 1.93 bits per heavy atom. The Hall–Kier alpha value is -4.72. The lowest BCUT2D eigenvalue weighted by atomic mass is 10.1. The highest BCUT2D eigenvalue weighted by Gasteiger charge is 2.21. The van der Waals surface area contributed by atoms with Crippen molar-refractivity contribution in [3.05, 3.63) is 70.9 Å². The minimum atomic E-state index is -0.337. The maximum atomic E-state index is 12.9. The summed E-state index contributed by atoms with van der Waals surface area (Å²) >= 11 is 7.77. The second kappa shape index (κ2) is 12.5. The second-order valence-corrected chi connectivity index (χ2v) is 11.7. The van der Waals surface area contributed by atoms with Crippen molar-refractivity contribution < 1.29 is 14.1 Å². The van der Waals surface area contributed by atoms with Gasteiger partial charge in [0.1, 0.15) is 22.3 Å². The Balaban J connectivity index is 1.18. The van der Waals surface area contributed by atoms with Crippen molar-refractivity contribution in [1.82, 2.24) is 25.0 Å². The van der Waals surface area contributed by atoms with Crippen molar-refractivity contribution in [2.45, 2.75) is 6.92 Å². The third kappa shape index (κ3) is 6.30. The van der Waals surface area contributed by atoms with Gasteiger partial charge < -0.3 is 35.4 Å². The molecule has 5 aromatic rings. The number of amides is 1. The summed E-state index contributed by atoms with van der Waals surface area (Å²) in [6.07, 6.45) is 1.78. The number of aryl methyl sites for hydroxylation is 1. The lowest BCUT2D eigenvalue weighted by Gasteiger charge is -2.33. The van der Waals surface area contributed by atoms with E-state index in [4.69, 9.17) is 26.6 Å². The van der Waals surface area contributed by atoms with Crippen LogP contribution in [0.3, 0.4) is 0 Å². The van der Waals surface area contributed by atoms with E-state index < -0.39 is 0 Å². The van der Waals surface area contributed by atoms with Crippen molar-refractivity contribution in [2.75, 3.05) is 61.6 Å². The molecule has 226 valence electrons. The van der Waals surface area contributed by atoms with Crippen molar-refractivity contribution >= 4 is 57.0 Å². The third-order valence-corrected chi connectivity index (χ3v) is 8.52. The molecule has 6 rings (SSSR count). The quantitative estimate of drug-likeness (QED) is 0.198. The van der Waals surface area contributed by atoms with Gasteiger partial charge in [-0.15, -0.1) is 0 Å². The van der Waals surface area contributed by atoms with Crippen LogP contribution in [0.1, 0.15) is 15.9 Å². The number of hydrogen-bond acceptors (Lipinski definition) is 12. The minimum Gasteiger partial charge on any atom is -0.497 e. The molecule has 0 spiro atoms. The Morgan fingerprint density at radius 1 is 1.11 bits per heavy atom. The molecule has 2 aromatic carbocycles. The lowest BCUT2D eigenvalue weighted by molar-refractivity contribution is 0.102. The summed E-state index contributed by atoms with van der Waals surface area (Å²) in [5.41, 5.74) is 9.30. The summed E-state index contributed by atoms with van der Waals surface area (Å²) in [6.45, 7) is 5.80. The summed E-state index contributed by atoms with van der Waals surface area (Å²) < 4.78 is 10.8. The number of benzene rings is 2. The van der Waals surface area contributed by atoms with Gasteiger partial charge in [0, 0.05) is 37.3 Å². The number of halogens is 1. The molecule has 0 radical (unpaired) electrons. The predicted octanol–water partition coefficient (Wildman–Crippen LogP) is 5.56. The first kappa shape index (κ1) is 29.4. The number of carbonyl (C=O) groups is 1. The van der Waals surface area contributed by atoms with Crippen LogP contribution in [-0.2, 0) is 0 Å². The number of piperazine rings is 1. The van der Waals surface area contributed by atoms with Gasteiger partial charge in [0.05, 0.1) is 29.7 Å². The van der Waals surface area contributed by atoms with Gasteiger partial charge in [-0.2, -0.15) is 4.98 Å². The van der Waals surface area contributed by atoms with Crippen LogP contribution in [0.4, 0.5) is 28.1 Å². The Morgan fingerprint density at radius 3 is 2.68 bits per heavy atom. The summed E-state index contributed by atoms with van der Waals surface area (Å²) in [4.78, 5) is 31.7. The van der Waals surface area contributed by atoms with Crippen molar-refractivity contribution in [1.29, 1.82) is 0 Å². The molecule has 1 aliphatic rings. The Bertz CT molecular complexity index is 1800. The SMILES string of the molecule is COc1cccc(C(=O)Nc2cc(-c3noc(-c4sc(Nc5ccc(N6CCN(C)CC6)nc5)nc4N)n3)c(C)cc2Cl)c1. The van der Waals surface area contributed by atoms with Crippen LogP contribution >= 0.6 is 22.9 Å². The molecule has 1 aliphatic heterocycles. The third-order valence-electron chi connectivity index (χ3n) is 7.24. The van der Waals surface area contributed by atoms with E-state index in [0.717, 1.165) is 43.2 Å². The Labute approximate surface area is 262 Å². The summed E-state index contributed by atoms with van der Waals surface area (Å²) in [7, 11) is 3.67. The summed E-state index contributed by atoms with van der Waals surface area (Å²) in [6, 6.07) is 14.3. The number of nitrogens with zero attached hydrogens (tertiary/aromatic N) is 6. The number of thiazole rings is 1. The number of rotatable bonds is 8. The van der Waals surface area contributed by atoms with E-state index in [1.165, 1.54) is 11.3 Å². The first-order valence-corrected chi connectivity index (χ1v) is 15.0. The largest absolute Gasteiger partial charge is 0.497 e. The van der Waals surface area contributed by atoms with Crippen LogP contribution in [0.5, 0.6) is 5.75 Å². The second-order valence-electron chi connectivity index (χ2n) is 10.3. The number of ether oxygens (including phenoxy) is 1. The van der Waals surface area contributed by atoms with Gasteiger partial charge in [-0.05, 0) is 62.0 Å². The maximum absolute atomic E-state index is 12.9. The smallest absolute Gasteiger partial charge is 0.272 e. The molecular formula is C30H30ClN9O3S. The van der Waals surface area contributed by atoms with Crippen LogP contribution in [-0.4, -0.2) is 71.3 Å². The number of nitrogens with two attached hydrogens (primary N) is 1. The first-order valence-electron chi connectivity index (χ1n) is 13.8. The Kier molecular flexibility index (Phi) is 8.33. The van der Waals surface area contributed by atoms with E-state index in [-0.39, 0.29) is 17.6 Å². The van der Waals surface area contributed by atoms with Gasteiger partial charge in [0.15, 0.2) is 5.13 Å². The molecule has 14 heteroatoms. The molecule has 4 heterocycles. The number of aromatic nitrogens is 4. The van der Waals surface area contributed by atoms with Gasteiger partial charge in [-0.25, -0.2) is 9.97 Å². The number of carbonyl (C=O) groups excluding carboxylic acids is 1. The van der Waals surface area contributed by atoms with Crippen LogP contribution < -0.4 is 26.0 Å². The summed E-state index contributed by atoms with van der Waals surface area (Å²) in [5, 5.41) is 11.2. The van der Waals surface area contributed by atoms with Gasteiger partial charge in [0.25, 0.3) is 11.8 Å². The molecule has 0 saturated carbocycles. The normalized spacial score (nSPS) is 13.6. The molecule has 1 amide bonds. The molecule has 44 heavy (non-hydrogen) atoms. The molecule has 12 nitrogen and oxygen atoms in total. The van der Waals surface area contributed by atoms with E-state index in [1.807, 2.05) is 19.1 Å². The highest BCUT2D eigenvalue weighted by Crippen LogP contribution is 2.37. The molecule has 1 saturated heterocycles.